The van der Waals surface area contributed by atoms with Crippen molar-refractivity contribution < 1.29 is 128 Å². The van der Waals surface area contributed by atoms with Gasteiger partial charge in [-0.25, -0.2) is 79.2 Å². The Morgan fingerprint density at radius 1 is 0.308 bits per heavy atom. The number of phenolic OH excluding ortho intramolecular Hbond substituents is 5. The number of fused-ring (bicyclic) bond motifs is 5. The Kier molecular flexibility index (Phi) is 31.5. The molecule has 50 nitrogen and oxygen atoms in total. The number of aryl methyl sites for hydroxylation is 6. The molecule has 0 radical (unpaired) electrons. The van der Waals surface area contributed by atoms with E-state index in [4.69, 9.17) is 59.0 Å². The highest BCUT2D eigenvalue weighted by Gasteiger charge is 2.50. The molecule has 0 amide bonds. The Morgan fingerprint density at radius 3 is 0.881 bits per heavy atom. The summed E-state index contributed by atoms with van der Waals surface area (Å²) in [7, 11) is 7.46. The van der Waals surface area contributed by atoms with Crippen LogP contribution in [0.15, 0.2) is 135 Å². The van der Waals surface area contributed by atoms with Crippen molar-refractivity contribution in [3.05, 3.63) is 180 Å². The standard InChI is InChI=1S/C19H23N5O5.C18H20ClN5O5.C18H20FN5O5.2C18H21N5O5/c1-9-6-11(25)4-5-12(9)23-17-14-18(22-10(2)21-17)24(8-20-14)19-16(27)15(26)13(29-19)7-28-3;1-8-21-16(23-9-3-4-11(25)10(19)5-9)13-17(22-8)24(7-20-13)18-15(27)14(26)12(29-18)6-28-2;1-8-21-16(23-11-4-3-9(25)5-10(11)19)13-17(22-8)24(7-20-13)18-15(27)14(26)12(29-18)6-28-2;1-9-20-16(22-10-3-5-11(24)6-4-10)13-17(21-9)23(8-19-13)18-15(26)14(25)12(28-18)7-27-2;1-9-20-16(22-10-4-3-5-11(24)6-10)13-17(21-9)23(8-19-13)18-15(26)14(25)12(28-18)7-27-2/h4-6,8,13,15-16,19,25-27H,7H2,1-3H3,(H,21,22,23);2*3-5,7,12,14-15,18,25-27H,6H2,1-2H3,(H,21,22,23);2*3-6,8,12,14-15,18,24-26H,7H2,1-2H3,(H,20,21,22)/t13-,15-,16-,19-;4*12-,14-,15-,18-/m11111/s1. The van der Waals surface area contributed by atoms with Crippen molar-refractivity contribution in [3.63, 3.8) is 0 Å². The second-order valence-corrected chi connectivity index (χ2v) is 34.2. The number of aromatic hydroxyl groups is 5. The van der Waals surface area contributed by atoms with Gasteiger partial charge in [0.1, 0.15) is 155 Å². The fourth-order valence-electron chi connectivity index (χ4n) is 16.6. The SMILES string of the molecule is COC[C@H]1O[C@@H](n2cnc3c(Nc4ccc(O)c(Cl)c4)nc(C)nc32)[C@H](O)[C@@H]1O.COC[C@H]1O[C@@H](n2cnc3c(Nc4ccc(O)cc4)nc(C)nc32)[C@H](O)[C@@H]1O.COC[C@H]1O[C@@H](n2cnc3c(Nc4ccc(O)cc4C)nc(C)nc32)[C@H](O)[C@@H]1O.COC[C@H]1O[C@@H](n2cnc3c(Nc4ccc(O)cc4F)nc(C)nc32)[C@H](O)[C@@H]1O.COC[C@H]1O[C@@H](n2cnc3c(Nc4cccc(O)c4)nc(C)nc32)[C@H](O)[C@@H]1O. The van der Waals surface area contributed by atoms with Gasteiger partial charge in [-0.05, 0) is 132 Å². The van der Waals surface area contributed by atoms with Crippen LogP contribution in [0, 0.1) is 47.4 Å². The van der Waals surface area contributed by atoms with Gasteiger partial charge < -0.3 is 151 Å². The second-order valence-electron chi connectivity index (χ2n) is 33.8. The van der Waals surface area contributed by atoms with Crippen LogP contribution in [0.1, 0.15) is 65.8 Å². The summed E-state index contributed by atoms with van der Waals surface area (Å²) in [6.07, 6.45) is -11.7. The van der Waals surface area contributed by atoms with Crippen LogP contribution < -0.4 is 26.6 Å². The molecule has 5 aromatic carbocycles. The smallest absolute Gasteiger partial charge is 0.167 e. The Morgan fingerprint density at radius 2 is 0.580 bits per heavy atom. The molecule has 0 spiro atoms. The highest BCUT2D eigenvalue weighted by Crippen LogP contribution is 2.42. The van der Waals surface area contributed by atoms with Crippen LogP contribution in [0.3, 0.4) is 0 Å². The van der Waals surface area contributed by atoms with Crippen LogP contribution >= 0.6 is 11.6 Å². The molecule has 143 heavy (non-hydrogen) atoms. The average Bonchev–Trinajstić information content (AvgIpc) is 1.63. The van der Waals surface area contributed by atoms with Crippen molar-refractivity contribution in [2.24, 2.45) is 0 Å². The minimum absolute atomic E-state index is 0.0259. The molecule has 20 rings (SSSR count). The fourth-order valence-corrected chi connectivity index (χ4v) is 16.8. The highest BCUT2D eigenvalue weighted by atomic mass is 35.5. The van der Waals surface area contributed by atoms with E-state index in [1.165, 1.54) is 90.0 Å². The summed E-state index contributed by atoms with van der Waals surface area (Å²) in [5, 5.41) is 167. The molecule has 15 aromatic rings. The molecule has 5 saturated heterocycles. The first-order valence-electron chi connectivity index (χ1n) is 44.4. The number of benzene rings is 5. The van der Waals surface area contributed by atoms with Crippen LogP contribution in [0.25, 0.3) is 55.8 Å². The predicted octanol–water partition coefficient (Wildman–Crippen LogP) is 5.35. The summed E-state index contributed by atoms with van der Waals surface area (Å²) in [6, 6.07) is 26.5. The normalized spacial score (nSPS) is 24.5. The van der Waals surface area contributed by atoms with Crippen molar-refractivity contribution in [2.45, 2.75) is 164 Å². The summed E-state index contributed by atoms with van der Waals surface area (Å²) in [6.45, 7) is 11.2. The van der Waals surface area contributed by atoms with E-state index in [2.05, 4.69) is 101 Å². The largest absolute Gasteiger partial charge is 0.508 e. The van der Waals surface area contributed by atoms with Gasteiger partial charge in [0, 0.05) is 70.4 Å². The quantitative estimate of drug-likeness (QED) is 0.0321. The molecule has 0 aliphatic carbocycles. The van der Waals surface area contributed by atoms with E-state index < -0.39 is 129 Å². The minimum Gasteiger partial charge on any atom is -0.508 e. The first-order chi connectivity index (χ1) is 68.6. The van der Waals surface area contributed by atoms with E-state index in [1.807, 2.05) is 6.92 Å². The van der Waals surface area contributed by atoms with E-state index in [0.717, 1.165) is 23.0 Å². The summed E-state index contributed by atoms with van der Waals surface area (Å²) < 4.78 is 75.9. The average molecular weight is 2000 g/mol. The third-order valence-electron chi connectivity index (χ3n) is 23.5. The highest BCUT2D eigenvalue weighted by molar-refractivity contribution is 6.32. The van der Waals surface area contributed by atoms with Crippen molar-refractivity contribution in [3.8, 4) is 28.7 Å². The lowest BCUT2D eigenvalue weighted by Crippen LogP contribution is -2.33. The van der Waals surface area contributed by atoms with Gasteiger partial charge in [0.2, 0.25) is 0 Å². The molecule has 5 aliphatic rings. The molecule has 0 saturated carbocycles. The molecule has 758 valence electrons. The number of anilines is 10. The molecular weight excluding hydrogens is 1900 g/mol. The molecular formula is C91H105ClFN25O25. The van der Waals surface area contributed by atoms with Crippen LogP contribution in [-0.2, 0) is 47.4 Å². The maximum Gasteiger partial charge on any atom is 0.167 e. The lowest BCUT2D eigenvalue weighted by Gasteiger charge is -2.17. The number of phenols is 5. The third-order valence-corrected chi connectivity index (χ3v) is 23.8. The number of halogens is 2. The van der Waals surface area contributed by atoms with Crippen molar-refractivity contribution in [1.29, 1.82) is 0 Å². The van der Waals surface area contributed by atoms with E-state index in [9.17, 15) is 81.0 Å². The fraction of sp³-hybridized carbons (Fsp3) is 0.396. The number of rotatable bonds is 25. The number of ether oxygens (including phenoxy) is 10. The zero-order valence-corrected chi connectivity index (χ0v) is 79.0. The van der Waals surface area contributed by atoms with Gasteiger partial charge in [-0.3, -0.25) is 22.8 Å². The van der Waals surface area contributed by atoms with Gasteiger partial charge in [-0.1, -0.05) is 17.7 Å². The maximum atomic E-state index is 14.1. The predicted molar refractivity (Wildman–Crippen MR) is 506 cm³/mol. The summed E-state index contributed by atoms with van der Waals surface area (Å²) in [5.41, 5.74) is 8.03. The number of methoxy groups -OCH3 is 5. The van der Waals surface area contributed by atoms with E-state index in [-0.39, 0.29) is 78.3 Å². The number of hydrogen-bond acceptors (Lipinski definition) is 45. The molecule has 20 atom stereocenters. The minimum atomic E-state index is -1.21. The number of hydrogen-bond donors (Lipinski definition) is 20. The lowest BCUT2D eigenvalue weighted by molar-refractivity contribution is -0.0580. The molecule has 0 unspecified atom stereocenters. The van der Waals surface area contributed by atoms with Crippen molar-refractivity contribution >= 4 is 125 Å². The molecule has 20 N–H and O–H groups in total. The number of aromatic nitrogens is 20. The maximum absolute atomic E-state index is 14.1. The van der Waals surface area contributed by atoms with E-state index in [1.54, 1.807) is 132 Å². The Bertz CT molecular complexity index is 6830. The van der Waals surface area contributed by atoms with Gasteiger partial charge >= 0.3 is 0 Å². The van der Waals surface area contributed by atoms with Crippen LogP contribution in [0.2, 0.25) is 5.02 Å². The van der Waals surface area contributed by atoms with Crippen molar-refractivity contribution in [2.75, 3.05) is 95.2 Å². The number of aliphatic hydroxyl groups excluding tert-OH is 10. The van der Waals surface area contributed by atoms with Gasteiger partial charge in [-0.15, -0.1) is 0 Å². The van der Waals surface area contributed by atoms with Gasteiger partial charge in [0.15, 0.2) is 116 Å². The van der Waals surface area contributed by atoms with Crippen LogP contribution in [-0.4, -0.2) is 334 Å². The number of aliphatic hydroxyl groups is 10. The molecule has 5 fully saturated rings. The number of imidazole rings is 5. The summed E-state index contributed by atoms with van der Waals surface area (Å²) in [5.74, 6) is 4.00. The first kappa shape index (κ1) is 102. The summed E-state index contributed by atoms with van der Waals surface area (Å²) in [4.78, 5) is 65.8. The second kappa shape index (κ2) is 44.0. The topological polar surface area (TPSA) is 674 Å². The Hall–Kier alpha value is -13.7. The van der Waals surface area contributed by atoms with Gasteiger partial charge in [0.05, 0.1) is 75.4 Å². The van der Waals surface area contributed by atoms with E-state index >= 15 is 0 Å². The molecule has 5 aliphatic heterocycles. The summed E-state index contributed by atoms with van der Waals surface area (Å²) >= 11 is 5.97. The van der Waals surface area contributed by atoms with Crippen LogP contribution in [0.4, 0.5) is 61.9 Å². The van der Waals surface area contributed by atoms with Gasteiger partial charge in [0.25, 0.3) is 0 Å². The van der Waals surface area contributed by atoms with Crippen LogP contribution in [0.5, 0.6) is 28.7 Å². The van der Waals surface area contributed by atoms with Gasteiger partial charge in [-0.2, -0.15) is 0 Å². The molecule has 15 heterocycles. The van der Waals surface area contributed by atoms with Crippen molar-refractivity contribution in [1.82, 2.24) is 97.6 Å². The zero-order valence-electron chi connectivity index (χ0n) is 78.3. The number of nitrogens with zero attached hydrogens (tertiary/aromatic N) is 20. The Balaban J connectivity index is 0.000000128. The van der Waals surface area contributed by atoms with E-state index in [0.29, 0.717) is 120 Å². The zero-order chi connectivity index (χ0) is 102. The first-order valence-corrected chi connectivity index (χ1v) is 44.8. The Labute approximate surface area is 815 Å². The molecule has 10 aromatic heterocycles. The lowest BCUT2D eigenvalue weighted by atomic mass is 10.1. The molecule has 0 bridgehead atoms. The third kappa shape index (κ3) is 21.9. The monoisotopic (exact) mass is 2000 g/mol. The molecule has 52 heteroatoms. The number of nitrogens with one attached hydrogen (secondary N) is 5.